The maximum Gasteiger partial charge on any atom is 0.273 e. The largest absolute Gasteiger partial charge is 0.273 e. The van der Waals surface area contributed by atoms with Crippen LogP contribution in [0.5, 0.6) is 0 Å². The van der Waals surface area contributed by atoms with Crippen LogP contribution in [0.3, 0.4) is 0 Å². The Labute approximate surface area is 114 Å². The predicted molar refractivity (Wildman–Crippen MR) is 70.4 cm³/mol. The van der Waals surface area contributed by atoms with E-state index in [0.717, 1.165) is 12.1 Å². The van der Waals surface area contributed by atoms with E-state index in [1.807, 2.05) is 0 Å². The Bertz CT molecular complexity index is 758. The molecule has 0 aliphatic heterocycles. The molecule has 0 aromatic heterocycles. The smallest absolute Gasteiger partial charge is 0.258 e. The van der Waals surface area contributed by atoms with Crippen LogP contribution in [0.4, 0.5) is 10.1 Å². The van der Waals surface area contributed by atoms with Crippen molar-refractivity contribution in [3.63, 3.8) is 0 Å². The van der Waals surface area contributed by atoms with Gasteiger partial charge in [0.1, 0.15) is 5.82 Å². The minimum atomic E-state index is -3.84. The summed E-state index contributed by atoms with van der Waals surface area (Å²) in [4.78, 5) is 10.0. The first-order chi connectivity index (χ1) is 9.40. The fourth-order valence-electron chi connectivity index (χ4n) is 1.76. The number of hydrogen-bond donors (Lipinski definition) is 0. The normalized spacial score (nSPS) is 11.2. The zero-order valence-corrected chi connectivity index (χ0v) is 11.0. The molecule has 0 unspecified atom stereocenters. The van der Waals surface area contributed by atoms with Gasteiger partial charge >= 0.3 is 0 Å². The van der Waals surface area contributed by atoms with E-state index >= 15 is 0 Å². The number of para-hydroxylation sites is 1. The number of halogens is 1. The summed E-state index contributed by atoms with van der Waals surface area (Å²) in [6.45, 7) is 0. The molecule has 0 heterocycles. The lowest BCUT2D eigenvalue weighted by Gasteiger charge is -2.05. The molecule has 104 valence electrons. The van der Waals surface area contributed by atoms with Crippen LogP contribution in [0, 0.1) is 15.9 Å². The summed E-state index contributed by atoms with van der Waals surface area (Å²) < 4.78 is 37.3. The van der Waals surface area contributed by atoms with Gasteiger partial charge in [-0.1, -0.05) is 24.3 Å². The number of sulfone groups is 1. The lowest BCUT2D eigenvalue weighted by Crippen LogP contribution is -2.07. The minimum absolute atomic E-state index is 0.0711. The van der Waals surface area contributed by atoms with E-state index in [-0.39, 0.29) is 16.1 Å². The van der Waals surface area contributed by atoms with Crippen molar-refractivity contribution in [1.82, 2.24) is 0 Å². The lowest BCUT2D eigenvalue weighted by molar-refractivity contribution is -0.385. The zero-order valence-electron chi connectivity index (χ0n) is 10.2. The molecule has 7 heteroatoms. The van der Waals surface area contributed by atoms with Crippen LogP contribution in [-0.4, -0.2) is 13.3 Å². The van der Waals surface area contributed by atoms with E-state index in [2.05, 4.69) is 0 Å². The number of nitrogens with zero attached hydrogens (tertiary/aromatic N) is 1. The standard InChI is InChI=1S/C13H10FNO4S/c14-11-5-3-6-12(8-11)20(18,19)9-10-4-1-2-7-13(10)15(16)17/h1-8H,9H2. The third-order valence-electron chi connectivity index (χ3n) is 2.69. The third kappa shape index (κ3) is 3.00. The van der Waals surface area contributed by atoms with Crippen LogP contribution in [0.2, 0.25) is 0 Å². The van der Waals surface area contributed by atoms with Crippen molar-refractivity contribution in [2.75, 3.05) is 0 Å². The monoisotopic (exact) mass is 295 g/mol. The van der Waals surface area contributed by atoms with Gasteiger partial charge in [-0.3, -0.25) is 10.1 Å². The lowest BCUT2D eigenvalue weighted by atomic mass is 10.2. The third-order valence-corrected chi connectivity index (χ3v) is 4.35. The molecule has 0 radical (unpaired) electrons. The van der Waals surface area contributed by atoms with E-state index < -0.39 is 26.3 Å². The van der Waals surface area contributed by atoms with Crippen molar-refractivity contribution >= 4 is 15.5 Å². The second kappa shape index (κ2) is 5.38. The summed E-state index contributed by atoms with van der Waals surface area (Å²) in [5, 5.41) is 10.8. The van der Waals surface area contributed by atoms with Gasteiger partial charge in [-0.25, -0.2) is 12.8 Å². The highest BCUT2D eigenvalue weighted by atomic mass is 32.2. The van der Waals surface area contributed by atoms with Gasteiger partial charge in [0.25, 0.3) is 5.69 Å². The molecule has 0 amide bonds. The summed E-state index contributed by atoms with van der Waals surface area (Å²) in [7, 11) is -3.84. The van der Waals surface area contributed by atoms with Crippen molar-refractivity contribution in [1.29, 1.82) is 0 Å². The first-order valence-electron chi connectivity index (χ1n) is 5.61. The van der Waals surface area contributed by atoms with Gasteiger partial charge in [0.2, 0.25) is 0 Å². The molecule has 0 fully saturated rings. The fraction of sp³-hybridized carbons (Fsp3) is 0.0769. The van der Waals surface area contributed by atoms with Gasteiger partial charge in [-0.15, -0.1) is 0 Å². The van der Waals surface area contributed by atoms with Gasteiger partial charge in [0.05, 0.1) is 15.6 Å². The molecule has 0 saturated carbocycles. The second-order valence-corrected chi connectivity index (χ2v) is 6.09. The van der Waals surface area contributed by atoms with Crippen molar-refractivity contribution in [3.05, 3.63) is 70.0 Å². The van der Waals surface area contributed by atoms with Crippen LogP contribution in [0.25, 0.3) is 0 Å². The Morgan fingerprint density at radius 1 is 1.10 bits per heavy atom. The summed E-state index contributed by atoms with van der Waals surface area (Å²) >= 11 is 0. The van der Waals surface area contributed by atoms with E-state index in [0.29, 0.717) is 0 Å². The number of nitro benzene ring substituents is 1. The summed E-state index contributed by atoms with van der Waals surface area (Å²) in [5.74, 6) is -1.22. The van der Waals surface area contributed by atoms with E-state index in [9.17, 15) is 22.9 Å². The Morgan fingerprint density at radius 2 is 1.80 bits per heavy atom. The molecule has 0 aliphatic rings. The summed E-state index contributed by atoms with van der Waals surface area (Å²) in [6, 6.07) is 10.1. The Kier molecular flexibility index (Phi) is 3.80. The Morgan fingerprint density at radius 3 is 2.45 bits per heavy atom. The van der Waals surface area contributed by atoms with E-state index in [4.69, 9.17) is 0 Å². The van der Waals surface area contributed by atoms with Gasteiger partial charge in [0, 0.05) is 11.6 Å². The first kappa shape index (κ1) is 14.1. The molecule has 0 spiro atoms. The van der Waals surface area contributed by atoms with Crippen LogP contribution < -0.4 is 0 Å². The molecule has 2 aromatic rings. The van der Waals surface area contributed by atoms with Crippen molar-refractivity contribution in [2.45, 2.75) is 10.6 Å². The predicted octanol–water partition coefficient (Wildman–Crippen LogP) is 2.71. The van der Waals surface area contributed by atoms with Crippen LogP contribution in [0.1, 0.15) is 5.56 Å². The van der Waals surface area contributed by atoms with Gasteiger partial charge < -0.3 is 0 Å². The second-order valence-electron chi connectivity index (χ2n) is 4.10. The molecule has 0 N–H and O–H groups in total. The van der Waals surface area contributed by atoms with E-state index in [1.54, 1.807) is 0 Å². The molecule has 0 atom stereocenters. The molecule has 0 bridgehead atoms. The van der Waals surface area contributed by atoms with Crippen LogP contribution in [0.15, 0.2) is 53.4 Å². The molecular formula is C13H10FNO4S. The van der Waals surface area contributed by atoms with Crippen molar-refractivity contribution in [3.8, 4) is 0 Å². The Balaban J connectivity index is 2.41. The maximum absolute atomic E-state index is 13.1. The van der Waals surface area contributed by atoms with Gasteiger partial charge in [-0.05, 0) is 18.2 Å². The summed E-state index contributed by atoms with van der Waals surface area (Å²) in [6.07, 6.45) is 0. The highest BCUT2D eigenvalue weighted by molar-refractivity contribution is 7.90. The van der Waals surface area contributed by atoms with Crippen molar-refractivity contribution < 1.29 is 17.7 Å². The van der Waals surface area contributed by atoms with E-state index in [1.165, 1.54) is 36.4 Å². The average Bonchev–Trinajstić information content (AvgIpc) is 2.38. The zero-order chi connectivity index (χ0) is 14.8. The number of benzene rings is 2. The topological polar surface area (TPSA) is 77.3 Å². The molecule has 5 nitrogen and oxygen atoms in total. The van der Waals surface area contributed by atoms with Gasteiger partial charge in [0.15, 0.2) is 9.84 Å². The molecule has 0 saturated heterocycles. The van der Waals surface area contributed by atoms with Crippen LogP contribution >= 0.6 is 0 Å². The minimum Gasteiger partial charge on any atom is -0.258 e. The quantitative estimate of drug-likeness (QED) is 0.642. The Hall–Kier alpha value is -2.28. The van der Waals surface area contributed by atoms with Gasteiger partial charge in [-0.2, -0.15) is 0 Å². The van der Waals surface area contributed by atoms with Crippen molar-refractivity contribution in [2.24, 2.45) is 0 Å². The van der Waals surface area contributed by atoms with Crippen LogP contribution in [-0.2, 0) is 15.6 Å². The molecular weight excluding hydrogens is 285 g/mol. The molecule has 2 rings (SSSR count). The average molecular weight is 295 g/mol. The molecule has 2 aromatic carbocycles. The SMILES string of the molecule is O=[N+]([O-])c1ccccc1CS(=O)(=O)c1cccc(F)c1. The number of nitro groups is 1. The maximum atomic E-state index is 13.1. The highest BCUT2D eigenvalue weighted by Crippen LogP contribution is 2.23. The summed E-state index contributed by atoms with van der Waals surface area (Å²) in [5.41, 5.74) is -0.200. The fourth-order valence-corrected chi connectivity index (χ4v) is 3.16. The number of rotatable bonds is 4. The number of hydrogen-bond acceptors (Lipinski definition) is 4. The molecule has 0 aliphatic carbocycles. The first-order valence-corrected chi connectivity index (χ1v) is 7.26. The highest BCUT2D eigenvalue weighted by Gasteiger charge is 2.21. The molecule has 20 heavy (non-hydrogen) atoms.